The maximum atomic E-state index is 12.6. The van der Waals surface area contributed by atoms with E-state index in [1.807, 2.05) is 0 Å². The molecular formula is C16H21F3O. The van der Waals surface area contributed by atoms with Crippen LogP contribution in [0.5, 0.6) is 0 Å². The van der Waals surface area contributed by atoms with E-state index in [4.69, 9.17) is 0 Å². The number of hydrogen-bond donors (Lipinski definition) is 1. The van der Waals surface area contributed by atoms with Gasteiger partial charge in [0.05, 0.1) is 11.7 Å². The Labute approximate surface area is 117 Å². The Balaban J connectivity index is 1.85. The van der Waals surface area contributed by atoms with Gasteiger partial charge < -0.3 is 5.11 Å². The van der Waals surface area contributed by atoms with E-state index in [9.17, 15) is 18.3 Å². The molecule has 1 atom stereocenters. The van der Waals surface area contributed by atoms with Crippen molar-refractivity contribution in [1.29, 1.82) is 0 Å². The fraction of sp³-hybridized carbons (Fsp3) is 0.625. The van der Waals surface area contributed by atoms with Crippen molar-refractivity contribution in [1.82, 2.24) is 0 Å². The average molecular weight is 286 g/mol. The fourth-order valence-electron chi connectivity index (χ4n) is 2.98. The number of hydrogen-bond acceptors (Lipinski definition) is 1. The maximum Gasteiger partial charge on any atom is 0.416 e. The van der Waals surface area contributed by atoms with Gasteiger partial charge in [-0.25, -0.2) is 0 Å². The van der Waals surface area contributed by atoms with Crippen LogP contribution in [0.25, 0.3) is 0 Å². The third-order valence-electron chi connectivity index (χ3n) is 4.11. The lowest BCUT2D eigenvalue weighted by Gasteiger charge is -2.15. The van der Waals surface area contributed by atoms with Gasteiger partial charge in [-0.3, -0.25) is 0 Å². The lowest BCUT2D eigenvalue weighted by Crippen LogP contribution is -2.13. The van der Waals surface area contributed by atoms with Crippen molar-refractivity contribution in [2.75, 3.05) is 0 Å². The zero-order valence-corrected chi connectivity index (χ0v) is 11.5. The zero-order chi connectivity index (χ0) is 14.6. The van der Waals surface area contributed by atoms with Gasteiger partial charge in [-0.05, 0) is 36.8 Å². The Morgan fingerprint density at radius 1 is 1.20 bits per heavy atom. The highest BCUT2D eigenvalue weighted by atomic mass is 19.4. The monoisotopic (exact) mass is 286 g/mol. The molecule has 2 rings (SSSR count). The topological polar surface area (TPSA) is 20.2 Å². The second-order valence-corrected chi connectivity index (χ2v) is 5.78. The smallest absolute Gasteiger partial charge is 0.393 e. The third kappa shape index (κ3) is 4.51. The summed E-state index contributed by atoms with van der Waals surface area (Å²) in [6.07, 6.45) is 2.12. The standard InChI is InChI=1S/C16H21F3O/c17-16(18,19)14-7-3-6-13(10-14)11-15(20)9-8-12-4-1-2-5-12/h3,6-7,10,12,15,20H,1-2,4-5,8-9,11H2. The Morgan fingerprint density at radius 3 is 2.55 bits per heavy atom. The van der Waals surface area contributed by atoms with Crippen LogP contribution in [-0.4, -0.2) is 11.2 Å². The lowest BCUT2D eigenvalue weighted by molar-refractivity contribution is -0.137. The first-order valence-electron chi connectivity index (χ1n) is 7.29. The Morgan fingerprint density at radius 2 is 1.90 bits per heavy atom. The molecule has 0 saturated heterocycles. The van der Waals surface area contributed by atoms with Crippen LogP contribution in [0.3, 0.4) is 0 Å². The summed E-state index contributed by atoms with van der Waals surface area (Å²) >= 11 is 0. The van der Waals surface area contributed by atoms with Crippen LogP contribution < -0.4 is 0 Å². The first kappa shape index (κ1) is 15.4. The number of aliphatic hydroxyl groups excluding tert-OH is 1. The molecule has 0 spiro atoms. The summed E-state index contributed by atoms with van der Waals surface area (Å²) in [7, 11) is 0. The third-order valence-corrected chi connectivity index (χ3v) is 4.11. The summed E-state index contributed by atoms with van der Waals surface area (Å²) in [4.78, 5) is 0. The highest BCUT2D eigenvalue weighted by Crippen LogP contribution is 2.31. The molecule has 0 amide bonds. The predicted octanol–water partition coefficient (Wildman–Crippen LogP) is 4.58. The maximum absolute atomic E-state index is 12.6. The van der Waals surface area contributed by atoms with Gasteiger partial charge in [0.2, 0.25) is 0 Å². The van der Waals surface area contributed by atoms with Gasteiger partial charge in [0, 0.05) is 0 Å². The number of benzene rings is 1. The van der Waals surface area contributed by atoms with E-state index >= 15 is 0 Å². The molecule has 1 nitrogen and oxygen atoms in total. The predicted molar refractivity (Wildman–Crippen MR) is 72.3 cm³/mol. The fourth-order valence-corrected chi connectivity index (χ4v) is 2.98. The van der Waals surface area contributed by atoms with Gasteiger partial charge in [-0.15, -0.1) is 0 Å². The summed E-state index contributed by atoms with van der Waals surface area (Å²) < 4.78 is 37.8. The van der Waals surface area contributed by atoms with Gasteiger partial charge in [0.15, 0.2) is 0 Å². The molecule has 1 aromatic rings. The molecule has 1 N–H and O–H groups in total. The molecule has 0 heterocycles. The van der Waals surface area contributed by atoms with Crippen molar-refractivity contribution in [3.63, 3.8) is 0 Å². The summed E-state index contributed by atoms with van der Waals surface area (Å²) in [5.41, 5.74) is -0.0864. The first-order chi connectivity index (χ1) is 9.45. The van der Waals surface area contributed by atoms with Crippen LogP contribution in [0.1, 0.15) is 49.7 Å². The van der Waals surface area contributed by atoms with Gasteiger partial charge in [0.1, 0.15) is 0 Å². The van der Waals surface area contributed by atoms with Crippen LogP contribution in [0, 0.1) is 5.92 Å². The Bertz CT molecular complexity index is 422. The van der Waals surface area contributed by atoms with Crippen LogP contribution in [0.15, 0.2) is 24.3 Å². The molecule has 4 heteroatoms. The van der Waals surface area contributed by atoms with Crippen molar-refractivity contribution < 1.29 is 18.3 Å². The minimum Gasteiger partial charge on any atom is -0.393 e. The second-order valence-electron chi connectivity index (χ2n) is 5.78. The molecule has 0 aromatic heterocycles. The Kier molecular flexibility index (Phi) is 5.08. The highest BCUT2D eigenvalue weighted by Gasteiger charge is 2.30. The van der Waals surface area contributed by atoms with E-state index < -0.39 is 17.8 Å². The van der Waals surface area contributed by atoms with Gasteiger partial charge in [0.25, 0.3) is 0 Å². The largest absolute Gasteiger partial charge is 0.416 e. The molecule has 112 valence electrons. The number of rotatable bonds is 5. The van der Waals surface area contributed by atoms with E-state index in [0.717, 1.165) is 18.6 Å². The van der Waals surface area contributed by atoms with Crippen molar-refractivity contribution in [2.24, 2.45) is 5.92 Å². The molecule has 1 aliphatic carbocycles. The van der Waals surface area contributed by atoms with Gasteiger partial charge >= 0.3 is 6.18 Å². The molecule has 20 heavy (non-hydrogen) atoms. The van der Waals surface area contributed by atoms with Crippen LogP contribution >= 0.6 is 0 Å². The van der Waals surface area contributed by atoms with E-state index in [2.05, 4.69) is 0 Å². The molecule has 1 unspecified atom stereocenters. The highest BCUT2D eigenvalue weighted by molar-refractivity contribution is 5.26. The Hall–Kier alpha value is -1.03. The SMILES string of the molecule is OC(CCC1CCCC1)Cc1cccc(C(F)(F)F)c1. The molecule has 1 fully saturated rings. The summed E-state index contributed by atoms with van der Waals surface area (Å²) in [6.45, 7) is 0. The normalized spacial score (nSPS) is 18.4. The van der Waals surface area contributed by atoms with Gasteiger partial charge in [-0.2, -0.15) is 13.2 Å². The molecule has 1 aromatic carbocycles. The molecule has 0 bridgehead atoms. The van der Waals surface area contributed by atoms with Crippen molar-refractivity contribution >= 4 is 0 Å². The first-order valence-corrected chi connectivity index (χ1v) is 7.29. The van der Waals surface area contributed by atoms with Crippen molar-refractivity contribution in [3.05, 3.63) is 35.4 Å². The zero-order valence-electron chi connectivity index (χ0n) is 11.5. The average Bonchev–Trinajstić information content (AvgIpc) is 2.89. The van der Waals surface area contributed by atoms with Crippen LogP contribution in [-0.2, 0) is 12.6 Å². The summed E-state index contributed by atoms with van der Waals surface area (Å²) in [6, 6.07) is 5.25. The second kappa shape index (κ2) is 6.61. The van der Waals surface area contributed by atoms with E-state index in [-0.39, 0.29) is 0 Å². The van der Waals surface area contributed by atoms with Crippen molar-refractivity contribution in [3.8, 4) is 0 Å². The molecule has 0 radical (unpaired) electrons. The van der Waals surface area contributed by atoms with E-state index in [1.165, 1.54) is 31.7 Å². The molecular weight excluding hydrogens is 265 g/mol. The van der Waals surface area contributed by atoms with Crippen LogP contribution in [0.4, 0.5) is 13.2 Å². The summed E-state index contributed by atoms with van der Waals surface area (Å²) in [5, 5.41) is 9.98. The minimum atomic E-state index is -4.31. The van der Waals surface area contributed by atoms with E-state index in [1.54, 1.807) is 6.07 Å². The van der Waals surface area contributed by atoms with Gasteiger partial charge in [-0.1, -0.05) is 43.9 Å². The molecule has 1 saturated carbocycles. The molecule has 0 aliphatic heterocycles. The molecule has 1 aliphatic rings. The number of aliphatic hydroxyl groups is 1. The van der Waals surface area contributed by atoms with E-state index in [0.29, 0.717) is 24.3 Å². The number of alkyl halides is 3. The quantitative estimate of drug-likeness (QED) is 0.840. The van der Waals surface area contributed by atoms with Crippen LogP contribution in [0.2, 0.25) is 0 Å². The lowest BCUT2D eigenvalue weighted by atomic mass is 9.96. The summed E-state index contributed by atoms with van der Waals surface area (Å²) in [5.74, 6) is 0.700. The number of halogens is 3. The minimum absolute atomic E-state index is 0.302. The van der Waals surface area contributed by atoms with Crippen molar-refractivity contribution in [2.45, 2.75) is 57.2 Å².